The molecule has 10 heteroatoms. The Labute approximate surface area is 581 Å². The number of ether oxygens (including phenoxy) is 3. The van der Waals surface area contributed by atoms with Gasteiger partial charge in [0, 0.05) is 77.7 Å². The second kappa shape index (κ2) is 27.0. The fourth-order valence-electron chi connectivity index (χ4n) is 14.0. The molecule has 0 aliphatic rings. The van der Waals surface area contributed by atoms with E-state index in [1.807, 2.05) is 71.9 Å². The second-order valence-corrected chi connectivity index (χ2v) is 27.2. The maximum Gasteiger partial charge on any atom is 0.338 e. The summed E-state index contributed by atoms with van der Waals surface area (Å²) in [6.45, 7) is 12.8. The zero-order valence-corrected chi connectivity index (χ0v) is 57.2. The standard InChI is InChI=1S/C45H40N2O3.C45H38N2O3/c1-4-45(2,3)44(48)50-28-27-49-30-31-17-26-43-39(29-31)38-13-7-10-16-42(38)47(43)35-24-20-33(21-25-35)32-18-22-34(23-19-32)46-40-14-8-5-11-36(40)37-12-6-9-15-41(37)46;1-4-45(2,3)43(48)27-28-50-44(49)32-21-26-42-38(29-32)37-13-7-10-16-41(37)47(42)34-24-19-31(20-25-34)30-17-22-33(23-18-30)46-39-14-8-5-11-35(39)36-12-6-9-15-40(36)46/h5-26,29H,4,27-28,30H2,1-3H3;5-26,29H,4,27-28H2,1-3H3. The number of benzene rings is 12. The fourth-order valence-corrected chi connectivity index (χ4v) is 14.0. The van der Waals surface area contributed by atoms with Crippen molar-refractivity contribution in [1.29, 1.82) is 0 Å². The Morgan fingerprint density at radius 3 is 1.00 bits per heavy atom. The third kappa shape index (κ3) is 12.1. The molecule has 494 valence electrons. The molecule has 12 aromatic carbocycles. The quantitative estimate of drug-likeness (QED) is 0.0591. The number of carbonyl (C=O) groups excluding carboxylic acids is 3. The molecule has 0 unspecified atom stereocenters. The minimum Gasteiger partial charge on any atom is -0.463 e. The van der Waals surface area contributed by atoms with E-state index in [2.05, 4.69) is 267 Å². The lowest BCUT2D eigenvalue weighted by molar-refractivity contribution is -0.155. The summed E-state index contributed by atoms with van der Waals surface area (Å²) < 4.78 is 26.1. The number of esters is 2. The molecule has 0 N–H and O–H groups in total. The van der Waals surface area contributed by atoms with Crippen LogP contribution in [-0.4, -0.2) is 55.8 Å². The zero-order valence-electron chi connectivity index (χ0n) is 57.2. The number of Topliss-reactive ketones (excluding diaryl/α,β-unsaturated/α-hetero) is 1. The Kier molecular flexibility index (Phi) is 17.4. The summed E-state index contributed by atoms with van der Waals surface area (Å²) in [5, 5.41) is 9.46. The van der Waals surface area contributed by atoms with Crippen LogP contribution in [0.2, 0.25) is 0 Å². The van der Waals surface area contributed by atoms with Gasteiger partial charge in [-0.1, -0.05) is 191 Å². The van der Waals surface area contributed by atoms with Gasteiger partial charge >= 0.3 is 11.9 Å². The maximum atomic E-state index is 13.0. The van der Waals surface area contributed by atoms with Crippen LogP contribution >= 0.6 is 0 Å². The summed E-state index contributed by atoms with van der Waals surface area (Å²) in [5.41, 5.74) is 18.9. The predicted octanol–water partition coefficient (Wildman–Crippen LogP) is 22.1. The van der Waals surface area contributed by atoms with Crippen molar-refractivity contribution in [3.05, 3.63) is 290 Å². The van der Waals surface area contributed by atoms with Crippen LogP contribution in [0.15, 0.2) is 279 Å². The van der Waals surface area contributed by atoms with E-state index < -0.39 is 16.8 Å². The van der Waals surface area contributed by atoms with Gasteiger partial charge in [-0.3, -0.25) is 9.59 Å². The third-order valence-electron chi connectivity index (χ3n) is 20.3. The molecule has 0 saturated heterocycles. The Bertz CT molecular complexity index is 5640. The van der Waals surface area contributed by atoms with Crippen molar-refractivity contribution in [3.63, 3.8) is 0 Å². The molecule has 0 aliphatic carbocycles. The Morgan fingerprint density at radius 2 is 0.640 bits per heavy atom. The summed E-state index contributed by atoms with van der Waals surface area (Å²) in [5.74, 6) is -0.493. The van der Waals surface area contributed by atoms with Crippen molar-refractivity contribution in [3.8, 4) is 45.0 Å². The number of hydrogen-bond donors (Lipinski definition) is 0. The first-order chi connectivity index (χ1) is 48.8. The first-order valence-electron chi connectivity index (χ1n) is 34.7. The summed E-state index contributed by atoms with van der Waals surface area (Å²) >= 11 is 0. The van der Waals surface area contributed by atoms with Crippen molar-refractivity contribution in [2.75, 3.05) is 19.8 Å². The normalized spacial score (nSPS) is 11.9. The average molecular weight is 1310 g/mol. The van der Waals surface area contributed by atoms with Gasteiger partial charge in [0.15, 0.2) is 0 Å². The SMILES string of the molecule is CCC(C)(C)C(=O)CCOC(=O)c1ccc2c(c1)c1ccccc1n2-c1ccc(-c2ccc(-n3c4ccccc4c4ccccc43)cc2)cc1.CCC(C)(C)C(=O)OCCOCc1ccc2c(c1)c1ccccc1n2-c1ccc(-c2ccc(-n3c4ccccc4c4ccccc43)cc2)cc1. The zero-order chi connectivity index (χ0) is 68.7. The molecule has 16 aromatic rings. The number of fused-ring (bicyclic) bond motifs is 12. The number of ketones is 1. The van der Waals surface area contributed by atoms with E-state index in [-0.39, 0.29) is 31.4 Å². The first-order valence-corrected chi connectivity index (χ1v) is 34.7. The van der Waals surface area contributed by atoms with Crippen LogP contribution in [0, 0.1) is 10.8 Å². The van der Waals surface area contributed by atoms with Crippen LogP contribution in [0.5, 0.6) is 0 Å². The van der Waals surface area contributed by atoms with Gasteiger partial charge in [0.25, 0.3) is 0 Å². The van der Waals surface area contributed by atoms with Gasteiger partial charge in [0.05, 0.1) is 74.9 Å². The van der Waals surface area contributed by atoms with E-state index in [0.29, 0.717) is 18.8 Å². The van der Waals surface area contributed by atoms with Crippen LogP contribution in [0.1, 0.15) is 76.7 Å². The minimum absolute atomic E-state index is 0.0795. The number of aromatic nitrogens is 4. The molecule has 0 radical (unpaired) electrons. The summed E-state index contributed by atoms with van der Waals surface area (Å²) in [4.78, 5) is 37.8. The van der Waals surface area contributed by atoms with Crippen LogP contribution in [0.3, 0.4) is 0 Å². The number of nitrogens with zero attached hydrogens (tertiary/aromatic N) is 4. The third-order valence-corrected chi connectivity index (χ3v) is 20.3. The summed E-state index contributed by atoms with van der Waals surface area (Å²) in [6, 6.07) is 98.5. The van der Waals surface area contributed by atoms with Gasteiger partial charge in [-0.05, 0) is 170 Å². The van der Waals surface area contributed by atoms with E-state index in [1.54, 1.807) is 0 Å². The molecule has 4 aromatic heterocycles. The van der Waals surface area contributed by atoms with Crippen molar-refractivity contribution >= 4 is 105 Å². The summed E-state index contributed by atoms with van der Waals surface area (Å²) in [7, 11) is 0. The van der Waals surface area contributed by atoms with Gasteiger partial charge in [-0.2, -0.15) is 0 Å². The largest absolute Gasteiger partial charge is 0.463 e. The van der Waals surface area contributed by atoms with E-state index >= 15 is 0 Å². The molecule has 0 fully saturated rings. The summed E-state index contributed by atoms with van der Waals surface area (Å²) in [6.07, 6.45) is 1.71. The second-order valence-electron chi connectivity index (χ2n) is 27.2. The first kappa shape index (κ1) is 64.4. The van der Waals surface area contributed by atoms with Crippen molar-refractivity contribution in [1.82, 2.24) is 18.3 Å². The van der Waals surface area contributed by atoms with Crippen LogP contribution < -0.4 is 0 Å². The molecule has 0 spiro atoms. The van der Waals surface area contributed by atoms with Gasteiger partial charge in [0.2, 0.25) is 0 Å². The molecule has 100 heavy (non-hydrogen) atoms. The molecule has 0 atom stereocenters. The van der Waals surface area contributed by atoms with Gasteiger partial charge in [-0.25, -0.2) is 4.79 Å². The molecule has 0 aliphatic heterocycles. The fraction of sp³-hybridized carbons (Fsp3) is 0.167. The van der Waals surface area contributed by atoms with Crippen molar-refractivity contribution in [2.24, 2.45) is 10.8 Å². The molecule has 0 bridgehead atoms. The molecule has 16 rings (SSSR count). The van der Waals surface area contributed by atoms with Crippen molar-refractivity contribution < 1.29 is 28.6 Å². The topological polar surface area (TPSA) is 98.6 Å². The maximum absolute atomic E-state index is 13.0. The van der Waals surface area contributed by atoms with Crippen molar-refractivity contribution in [2.45, 2.75) is 67.4 Å². The van der Waals surface area contributed by atoms with Crippen LogP contribution in [0.25, 0.3) is 132 Å². The average Bonchev–Trinajstić information content (AvgIpc) is 1.62. The Balaban J connectivity index is 0.000000162. The van der Waals surface area contributed by atoms with E-state index in [9.17, 15) is 14.4 Å². The lowest BCUT2D eigenvalue weighted by Crippen LogP contribution is -2.27. The highest BCUT2D eigenvalue weighted by Gasteiger charge is 2.28. The highest BCUT2D eigenvalue weighted by Crippen LogP contribution is 2.39. The lowest BCUT2D eigenvalue weighted by Gasteiger charge is -2.20. The lowest BCUT2D eigenvalue weighted by atomic mass is 9.84. The van der Waals surface area contributed by atoms with E-state index in [4.69, 9.17) is 14.2 Å². The van der Waals surface area contributed by atoms with Crippen LogP contribution in [-0.2, 0) is 30.4 Å². The smallest absolute Gasteiger partial charge is 0.338 e. The molecular formula is C90H78N4O6. The van der Waals surface area contributed by atoms with Gasteiger partial charge in [-0.15, -0.1) is 0 Å². The monoisotopic (exact) mass is 1310 g/mol. The number of para-hydroxylation sites is 6. The van der Waals surface area contributed by atoms with E-state index in [1.165, 1.54) is 65.5 Å². The Morgan fingerprint density at radius 1 is 0.320 bits per heavy atom. The number of rotatable bonds is 19. The number of carbonyl (C=O) groups is 3. The van der Waals surface area contributed by atoms with Crippen LogP contribution in [0.4, 0.5) is 0 Å². The Hall–Kier alpha value is -11.6. The predicted molar refractivity (Wildman–Crippen MR) is 410 cm³/mol. The highest BCUT2D eigenvalue weighted by atomic mass is 16.6. The highest BCUT2D eigenvalue weighted by molar-refractivity contribution is 6.13. The molecule has 10 nitrogen and oxygen atoms in total. The molecular weight excluding hydrogens is 1230 g/mol. The minimum atomic E-state index is -0.472. The molecule has 0 saturated carbocycles. The molecule has 4 heterocycles. The van der Waals surface area contributed by atoms with Gasteiger partial charge in [0.1, 0.15) is 12.4 Å². The molecule has 0 amide bonds. The van der Waals surface area contributed by atoms with Gasteiger partial charge < -0.3 is 32.5 Å². The number of hydrogen-bond acceptors (Lipinski definition) is 6. The van der Waals surface area contributed by atoms with E-state index in [0.717, 1.165) is 85.1 Å².